The molecule has 0 aromatic heterocycles. The van der Waals surface area contributed by atoms with Crippen LogP contribution in [-0.2, 0) is 4.74 Å². The number of carbonyl (C=O) groups is 2. The minimum absolute atomic E-state index is 0.00467. The number of hydrogen-bond acceptors (Lipinski definition) is 6. The number of rotatable bonds is 7. The molecule has 0 spiro atoms. The molecular weight excluding hydrogens is 393 g/mol. The molecule has 8 nitrogen and oxygen atoms in total. The fourth-order valence-corrected chi connectivity index (χ4v) is 3.62. The summed E-state index contributed by atoms with van der Waals surface area (Å²) in [6.45, 7) is 1.59. The highest BCUT2D eigenvalue weighted by Gasteiger charge is 2.28. The highest BCUT2D eigenvalue weighted by molar-refractivity contribution is 5.97. The number of ether oxygens (including phenoxy) is 1. The molecular formula is C21H22FN3O5. The van der Waals surface area contributed by atoms with Crippen molar-refractivity contribution in [3.05, 3.63) is 75.6 Å². The molecule has 1 atom stereocenters. The Labute approximate surface area is 172 Å². The Morgan fingerprint density at radius 3 is 2.27 bits per heavy atom. The summed E-state index contributed by atoms with van der Waals surface area (Å²) >= 11 is 0. The number of amides is 1. The van der Waals surface area contributed by atoms with E-state index in [9.17, 15) is 24.1 Å². The summed E-state index contributed by atoms with van der Waals surface area (Å²) in [5.74, 6) is -0.537. The van der Waals surface area contributed by atoms with E-state index in [1.165, 1.54) is 48.5 Å². The molecule has 2 aromatic carbocycles. The average Bonchev–Trinajstić information content (AvgIpc) is 2.73. The minimum atomic E-state index is -0.931. The average molecular weight is 415 g/mol. The van der Waals surface area contributed by atoms with Gasteiger partial charge in [-0.3, -0.25) is 19.8 Å². The van der Waals surface area contributed by atoms with Gasteiger partial charge < -0.3 is 10.5 Å². The molecule has 1 amide bonds. The Kier molecular flexibility index (Phi) is 6.73. The molecule has 3 rings (SSSR count). The third-order valence-electron chi connectivity index (χ3n) is 5.25. The van der Waals surface area contributed by atoms with Crippen molar-refractivity contribution in [3.8, 4) is 0 Å². The van der Waals surface area contributed by atoms with Crippen molar-refractivity contribution >= 4 is 17.6 Å². The number of benzene rings is 2. The number of primary amides is 1. The molecule has 1 unspecified atom stereocenters. The van der Waals surface area contributed by atoms with Gasteiger partial charge in [0, 0.05) is 30.2 Å². The second-order valence-corrected chi connectivity index (χ2v) is 7.22. The predicted octanol–water partition coefficient (Wildman–Crippen LogP) is 3.47. The number of nitro benzene ring substituents is 1. The molecule has 1 saturated heterocycles. The zero-order valence-corrected chi connectivity index (χ0v) is 16.2. The molecule has 0 aliphatic carbocycles. The number of nitrogens with zero attached hydrogens (tertiary/aromatic N) is 2. The second kappa shape index (κ2) is 9.45. The van der Waals surface area contributed by atoms with Crippen LogP contribution in [0.1, 0.15) is 34.9 Å². The molecule has 0 saturated carbocycles. The zero-order chi connectivity index (χ0) is 21.7. The first-order valence-electron chi connectivity index (χ1n) is 9.56. The second-order valence-electron chi connectivity index (χ2n) is 7.22. The number of halogens is 1. The van der Waals surface area contributed by atoms with E-state index in [1.807, 2.05) is 0 Å². The lowest BCUT2D eigenvalue weighted by Crippen LogP contribution is -2.39. The van der Waals surface area contributed by atoms with Crippen molar-refractivity contribution in [2.75, 3.05) is 19.6 Å². The molecule has 1 fully saturated rings. The molecule has 0 radical (unpaired) electrons. The lowest BCUT2D eigenvalue weighted by molar-refractivity contribution is -0.384. The molecule has 158 valence electrons. The molecule has 1 aliphatic rings. The maximum Gasteiger partial charge on any atom is 0.405 e. The molecule has 0 bridgehead atoms. The van der Waals surface area contributed by atoms with Gasteiger partial charge in [0.25, 0.3) is 5.69 Å². The molecule has 2 aromatic rings. The first kappa shape index (κ1) is 21.4. The minimum Gasteiger partial charge on any atom is -0.440 e. The van der Waals surface area contributed by atoms with Crippen LogP contribution in [0.15, 0.2) is 48.5 Å². The number of piperidine rings is 1. The highest BCUT2D eigenvalue weighted by atomic mass is 19.1. The van der Waals surface area contributed by atoms with Crippen LogP contribution in [-0.4, -0.2) is 41.3 Å². The maximum absolute atomic E-state index is 13.1. The van der Waals surface area contributed by atoms with Crippen LogP contribution < -0.4 is 5.73 Å². The number of nitrogens with two attached hydrogens (primary N) is 1. The van der Waals surface area contributed by atoms with E-state index in [1.54, 1.807) is 0 Å². The molecule has 1 heterocycles. The summed E-state index contributed by atoms with van der Waals surface area (Å²) in [4.78, 5) is 36.3. The molecule has 2 N–H and O–H groups in total. The third-order valence-corrected chi connectivity index (χ3v) is 5.25. The van der Waals surface area contributed by atoms with Crippen LogP contribution >= 0.6 is 0 Å². The SMILES string of the molecule is NC(=O)OC(CN1CCC(C(=O)c2ccc(F)cc2)CC1)c1ccc([N+](=O)[O-])cc1. The maximum atomic E-state index is 13.1. The van der Waals surface area contributed by atoms with E-state index in [-0.39, 0.29) is 23.2 Å². The Hall–Kier alpha value is -3.33. The van der Waals surface area contributed by atoms with Crippen molar-refractivity contribution in [1.82, 2.24) is 4.90 Å². The fraction of sp³-hybridized carbons (Fsp3) is 0.333. The van der Waals surface area contributed by atoms with E-state index in [0.717, 1.165) is 0 Å². The van der Waals surface area contributed by atoms with Gasteiger partial charge in [-0.25, -0.2) is 9.18 Å². The van der Waals surface area contributed by atoms with Gasteiger partial charge in [0.2, 0.25) is 0 Å². The summed E-state index contributed by atoms with van der Waals surface area (Å²) in [5.41, 5.74) is 6.23. The largest absolute Gasteiger partial charge is 0.440 e. The van der Waals surface area contributed by atoms with Gasteiger partial charge in [0.1, 0.15) is 11.9 Å². The van der Waals surface area contributed by atoms with Gasteiger partial charge >= 0.3 is 6.09 Å². The molecule has 30 heavy (non-hydrogen) atoms. The van der Waals surface area contributed by atoms with Gasteiger partial charge in [-0.1, -0.05) is 0 Å². The van der Waals surface area contributed by atoms with E-state index in [0.29, 0.717) is 43.6 Å². The Balaban J connectivity index is 1.61. The predicted molar refractivity (Wildman–Crippen MR) is 106 cm³/mol. The first-order valence-corrected chi connectivity index (χ1v) is 9.56. The summed E-state index contributed by atoms with van der Waals surface area (Å²) < 4.78 is 18.3. The van der Waals surface area contributed by atoms with Gasteiger partial charge in [-0.15, -0.1) is 0 Å². The third kappa shape index (κ3) is 5.38. The van der Waals surface area contributed by atoms with E-state index in [4.69, 9.17) is 10.5 Å². The van der Waals surface area contributed by atoms with Crippen molar-refractivity contribution in [1.29, 1.82) is 0 Å². The number of hydrogen-bond donors (Lipinski definition) is 1. The number of nitro groups is 1. The topological polar surface area (TPSA) is 116 Å². The Bertz CT molecular complexity index is 909. The summed E-state index contributed by atoms with van der Waals surface area (Å²) in [6, 6.07) is 11.3. The number of ketones is 1. The normalized spacial score (nSPS) is 16.0. The van der Waals surface area contributed by atoms with Gasteiger partial charge in [-0.05, 0) is 67.9 Å². The smallest absolute Gasteiger partial charge is 0.405 e. The fourth-order valence-electron chi connectivity index (χ4n) is 3.62. The van der Waals surface area contributed by atoms with E-state index < -0.39 is 17.1 Å². The van der Waals surface area contributed by atoms with Crippen LogP contribution in [0.2, 0.25) is 0 Å². The van der Waals surface area contributed by atoms with E-state index >= 15 is 0 Å². The van der Waals surface area contributed by atoms with Crippen LogP contribution in [0.5, 0.6) is 0 Å². The van der Waals surface area contributed by atoms with E-state index in [2.05, 4.69) is 4.90 Å². The number of carbonyl (C=O) groups excluding carboxylic acids is 2. The molecule has 1 aliphatic heterocycles. The number of likely N-dealkylation sites (tertiary alicyclic amines) is 1. The van der Waals surface area contributed by atoms with Gasteiger partial charge in [0.05, 0.1) is 4.92 Å². The lowest BCUT2D eigenvalue weighted by Gasteiger charge is -2.33. The van der Waals surface area contributed by atoms with Crippen molar-refractivity contribution < 1.29 is 23.6 Å². The zero-order valence-electron chi connectivity index (χ0n) is 16.2. The Morgan fingerprint density at radius 2 is 1.73 bits per heavy atom. The summed E-state index contributed by atoms with van der Waals surface area (Å²) in [5, 5.41) is 10.8. The van der Waals surface area contributed by atoms with Crippen molar-refractivity contribution in [2.45, 2.75) is 18.9 Å². The number of non-ortho nitro benzene ring substituents is 1. The van der Waals surface area contributed by atoms with Gasteiger partial charge in [-0.2, -0.15) is 0 Å². The van der Waals surface area contributed by atoms with Crippen LogP contribution in [0.25, 0.3) is 0 Å². The van der Waals surface area contributed by atoms with Crippen molar-refractivity contribution in [3.63, 3.8) is 0 Å². The highest BCUT2D eigenvalue weighted by Crippen LogP contribution is 2.26. The monoisotopic (exact) mass is 415 g/mol. The van der Waals surface area contributed by atoms with Crippen LogP contribution in [0, 0.1) is 21.8 Å². The quantitative estimate of drug-likeness (QED) is 0.421. The van der Waals surface area contributed by atoms with Gasteiger partial charge in [0.15, 0.2) is 5.78 Å². The van der Waals surface area contributed by atoms with Crippen LogP contribution in [0.4, 0.5) is 14.9 Å². The molecule has 9 heteroatoms. The van der Waals surface area contributed by atoms with Crippen LogP contribution in [0.3, 0.4) is 0 Å². The first-order chi connectivity index (χ1) is 14.3. The van der Waals surface area contributed by atoms with Crippen molar-refractivity contribution in [2.24, 2.45) is 11.7 Å². The Morgan fingerprint density at radius 1 is 1.13 bits per heavy atom. The number of Topliss-reactive ketones (excluding diaryl/α,β-unsaturated/α-hetero) is 1. The lowest BCUT2D eigenvalue weighted by atomic mass is 9.88. The summed E-state index contributed by atoms with van der Waals surface area (Å²) in [7, 11) is 0. The summed E-state index contributed by atoms with van der Waals surface area (Å²) in [6.07, 6.45) is -0.355. The standard InChI is InChI=1S/C21H22FN3O5/c22-17-5-1-15(2-6-17)20(26)16-9-11-24(12-10-16)13-19(30-21(23)27)14-3-7-18(8-4-14)25(28)29/h1-8,16,19H,9-13H2,(H2,23,27).